The summed E-state index contributed by atoms with van der Waals surface area (Å²) in [5, 5.41) is 0. The van der Waals surface area contributed by atoms with Gasteiger partial charge in [-0.25, -0.2) is 0 Å². The maximum Gasteiger partial charge on any atom is 0.222 e. The van der Waals surface area contributed by atoms with Gasteiger partial charge < -0.3 is 4.90 Å². The minimum Gasteiger partial charge on any atom is -0.342 e. The first-order valence-corrected chi connectivity index (χ1v) is 6.49. The summed E-state index contributed by atoms with van der Waals surface area (Å²) in [6.07, 6.45) is 3.84. The minimum absolute atomic E-state index is 0.262. The second kappa shape index (κ2) is 9.02. The topological polar surface area (TPSA) is 20.3 Å². The summed E-state index contributed by atoms with van der Waals surface area (Å²) in [5.74, 6) is 1.40. The average Bonchev–Trinajstić information content (AvgIpc) is 2.20. The van der Waals surface area contributed by atoms with E-state index in [0.717, 1.165) is 25.8 Å². The van der Waals surface area contributed by atoms with E-state index in [-0.39, 0.29) is 5.91 Å². The predicted molar refractivity (Wildman–Crippen MR) is 66.3 cm³/mol. The fourth-order valence-electron chi connectivity index (χ4n) is 1.38. The SMILES string of the molecule is CCCCN(CCCl)C(=O)CCC(C)C. The van der Waals surface area contributed by atoms with E-state index in [4.69, 9.17) is 11.6 Å². The van der Waals surface area contributed by atoms with Crippen LogP contribution in [0.5, 0.6) is 0 Å². The molecule has 0 aromatic rings. The smallest absolute Gasteiger partial charge is 0.222 e. The zero-order valence-electron chi connectivity index (χ0n) is 10.3. The molecule has 0 aliphatic carbocycles. The molecule has 0 spiro atoms. The third kappa shape index (κ3) is 7.66. The molecule has 0 saturated carbocycles. The van der Waals surface area contributed by atoms with Crippen LogP contribution in [0.25, 0.3) is 0 Å². The van der Waals surface area contributed by atoms with Crippen LogP contribution in [-0.2, 0) is 4.79 Å². The number of alkyl halides is 1. The van der Waals surface area contributed by atoms with Crippen LogP contribution in [0.15, 0.2) is 0 Å². The monoisotopic (exact) mass is 233 g/mol. The van der Waals surface area contributed by atoms with Crippen molar-refractivity contribution < 1.29 is 4.79 Å². The highest BCUT2D eigenvalue weighted by Crippen LogP contribution is 2.07. The lowest BCUT2D eigenvalue weighted by Crippen LogP contribution is -2.33. The molecule has 2 nitrogen and oxygen atoms in total. The molecule has 0 radical (unpaired) electrons. The molecule has 1 amide bonds. The van der Waals surface area contributed by atoms with Gasteiger partial charge >= 0.3 is 0 Å². The fraction of sp³-hybridized carbons (Fsp3) is 0.917. The zero-order chi connectivity index (χ0) is 11.7. The normalized spacial score (nSPS) is 10.7. The summed E-state index contributed by atoms with van der Waals surface area (Å²) in [4.78, 5) is 13.7. The van der Waals surface area contributed by atoms with Gasteiger partial charge in [0.15, 0.2) is 0 Å². The highest BCUT2D eigenvalue weighted by Gasteiger charge is 2.12. The largest absolute Gasteiger partial charge is 0.342 e. The van der Waals surface area contributed by atoms with Crippen molar-refractivity contribution in [3.05, 3.63) is 0 Å². The van der Waals surface area contributed by atoms with Crippen molar-refractivity contribution in [2.45, 2.75) is 46.5 Å². The summed E-state index contributed by atoms with van der Waals surface area (Å²) < 4.78 is 0. The van der Waals surface area contributed by atoms with Crippen molar-refractivity contribution in [3.63, 3.8) is 0 Å². The molecule has 0 aliphatic heterocycles. The van der Waals surface area contributed by atoms with E-state index in [1.165, 1.54) is 0 Å². The van der Waals surface area contributed by atoms with Crippen molar-refractivity contribution in [2.75, 3.05) is 19.0 Å². The highest BCUT2D eigenvalue weighted by atomic mass is 35.5. The van der Waals surface area contributed by atoms with Crippen molar-refractivity contribution in [1.29, 1.82) is 0 Å². The summed E-state index contributed by atoms with van der Waals surface area (Å²) >= 11 is 5.69. The molecule has 0 heterocycles. The van der Waals surface area contributed by atoms with E-state index >= 15 is 0 Å². The van der Waals surface area contributed by atoms with Crippen LogP contribution < -0.4 is 0 Å². The van der Waals surface area contributed by atoms with Gasteiger partial charge in [-0.05, 0) is 18.8 Å². The molecule has 0 atom stereocenters. The van der Waals surface area contributed by atoms with E-state index < -0.39 is 0 Å². The highest BCUT2D eigenvalue weighted by molar-refractivity contribution is 6.18. The number of amides is 1. The second-order valence-corrected chi connectivity index (χ2v) is 4.73. The Labute approximate surface area is 99.0 Å². The number of halogens is 1. The summed E-state index contributed by atoms with van der Waals surface area (Å²) in [6, 6.07) is 0. The van der Waals surface area contributed by atoms with Crippen molar-refractivity contribution >= 4 is 17.5 Å². The number of carbonyl (C=O) groups excluding carboxylic acids is 1. The maximum atomic E-state index is 11.8. The summed E-state index contributed by atoms with van der Waals surface area (Å²) in [5.41, 5.74) is 0. The Morgan fingerprint density at radius 3 is 2.47 bits per heavy atom. The van der Waals surface area contributed by atoms with Gasteiger partial charge in [-0.1, -0.05) is 27.2 Å². The summed E-state index contributed by atoms with van der Waals surface area (Å²) in [7, 11) is 0. The Morgan fingerprint density at radius 2 is 2.00 bits per heavy atom. The Hall–Kier alpha value is -0.240. The Balaban J connectivity index is 3.92. The molecule has 0 aromatic heterocycles. The van der Waals surface area contributed by atoms with E-state index in [0.29, 0.717) is 24.8 Å². The van der Waals surface area contributed by atoms with Crippen LogP contribution in [0.4, 0.5) is 0 Å². The van der Waals surface area contributed by atoms with Crippen LogP contribution in [0, 0.1) is 5.92 Å². The van der Waals surface area contributed by atoms with Gasteiger partial charge in [0.25, 0.3) is 0 Å². The first-order chi connectivity index (χ1) is 7.11. The molecule has 0 saturated heterocycles. The minimum atomic E-state index is 0.262. The first-order valence-electron chi connectivity index (χ1n) is 5.95. The maximum absolute atomic E-state index is 11.8. The predicted octanol–water partition coefficient (Wildman–Crippen LogP) is 3.29. The quantitative estimate of drug-likeness (QED) is 0.590. The molecule has 0 aliphatic rings. The molecular formula is C12H24ClNO. The third-order valence-corrected chi connectivity index (χ3v) is 2.59. The lowest BCUT2D eigenvalue weighted by molar-refractivity contribution is -0.131. The lowest BCUT2D eigenvalue weighted by atomic mass is 10.1. The molecule has 0 rings (SSSR count). The van der Waals surface area contributed by atoms with Gasteiger partial charge in [0.1, 0.15) is 0 Å². The standard InChI is InChI=1S/C12H24ClNO/c1-4-5-9-14(10-8-13)12(15)7-6-11(2)3/h11H,4-10H2,1-3H3. The van der Waals surface area contributed by atoms with Crippen LogP contribution in [0.2, 0.25) is 0 Å². The van der Waals surface area contributed by atoms with Gasteiger partial charge in [0.05, 0.1) is 0 Å². The van der Waals surface area contributed by atoms with Gasteiger partial charge in [0.2, 0.25) is 5.91 Å². The molecule has 90 valence electrons. The fourth-order valence-corrected chi connectivity index (χ4v) is 1.59. The van der Waals surface area contributed by atoms with Gasteiger partial charge in [-0.3, -0.25) is 4.79 Å². The number of rotatable bonds is 8. The number of hydrogen-bond donors (Lipinski definition) is 0. The molecular weight excluding hydrogens is 210 g/mol. The molecule has 0 aromatic carbocycles. The Bertz CT molecular complexity index is 171. The zero-order valence-corrected chi connectivity index (χ0v) is 11.0. The Kier molecular flexibility index (Phi) is 8.88. The van der Waals surface area contributed by atoms with Crippen LogP contribution in [-0.4, -0.2) is 29.8 Å². The first kappa shape index (κ1) is 14.8. The van der Waals surface area contributed by atoms with E-state index in [1.807, 2.05) is 4.90 Å². The van der Waals surface area contributed by atoms with Gasteiger partial charge in [-0.2, -0.15) is 0 Å². The Morgan fingerprint density at radius 1 is 1.33 bits per heavy atom. The number of unbranched alkanes of at least 4 members (excludes halogenated alkanes) is 1. The summed E-state index contributed by atoms with van der Waals surface area (Å²) in [6.45, 7) is 7.98. The van der Waals surface area contributed by atoms with Gasteiger partial charge in [-0.15, -0.1) is 11.6 Å². The van der Waals surface area contributed by atoms with Crippen molar-refractivity contribution in [3.8, 4) is 0 Å². The van der Waals surface area contributed by atoms with E-state index in [9.17, 15) is 4.79 Å². The molecule has 0 unspecified atom stereocenters. The third-order valence-electron chi connectivity index (χ3n) is 2.42. The van der Waals surface area contributed by atoms with E-state index in [2.05, 4.69) is 20.8 Å². The van der Waals surface area contributed by atoms with E-state index in [1.54, 1.807) is 0 Å². The lowest BCUT2D eigenvalue weighted by Gasteiger charge is -2.21. The van der Waals surface area contributed by atoms with Crippen LogP contribution in [0.3, 0.4) is 0 Å². The number of carbonyl (C=O) groups is 1. The number of nitrogens with zero attached hydrogens (tertiary/aromatic N) is 1. The van der Waals surface area contributed by atoms with Crippen LogP contribution >= 0.6 is 11.6 Å². The van der Waals surface area contributed by atoms with Crippen molar-refractivity contribution in [1.82, 2.24) is 4.90 Å². The average molecular weight is 234 g/mol. The molecule has 15 heavy (non-hydrogen) atoms. The molecule has 3 heteroatoms. The molecule has 0 N–H and O–H groups in total. The second-order valence-electron chi connectivity index (χ2n) is 4.36. The van der Waals surface area contributed by atoms with Crippen LogP contribution in [0.1, 0.15) is 46.5 Å². The van der Waals surface area contributed by atoms with Gasteiger partial charge in [0, 0.05) is 25.4 Å². The molecule has 0 fully saturated rings. The number of hydrogen-bond acceptors (Lipinski definition) is 1. The van der Waals surface area contributed by atoms with Crippen molar-refractivity contribution in [2.24, 2.45) is 5.92 Å². The molecule has 0 bridgehead atoms.